The lowest BCUT2D eigenvalue weighted by atomic mass is 10.3. The first kappa shape index (κ1) is 13.2. The molecular weight excluding hydrogens is 296 g/mol. The number of amides is 1. The van der Waals surface area contributed by atoms with E-state index >= 15 is 0 Å². The Hall–Kier alpha value is -1.23. The van der Waals surface area contributed by atoms with Gasteiger partial charge in [-0.2, -0.15) is 0 Å². The normalized spacial score (nSPS) is 10.4. The first-order chi connectivity index (χ1) is 8.58. The van der Waals surface area contributed by atoms with Crippen molar-refractivity contribution in [3.05, 3.63) is 45.9 Å². The topological polar surface area (TPSA) is 46.9 Å². The molecule has 0 bridgehead atoms. The second kappa shape index (κ2) is 5.61. The Kier molecular flexibility index (Phi) is 4.11. The van der Waals surface area contributed by atoms with Gasteiger partial charge in [0.05, 0.1) is 17.0 Å². The lowest BCUT2D eigenvalue weighted by molar-refractivity contribution is -0.116. The van der Waals surface area contributed by atoms with Crippen LogP contribution in [-0.2, 0) is 11.3 Å². The predicted molar refractivity (Wildman–Crippen MR) is 72.3 cm³/mol. The van der Waals surface area contributed by atoms with E-state index in [0.717, 1.165) is 0 Å². The van der Waals surface area contributed by atoms with Crippen LogP contribution in [0.5, 0.6) is 0 Å². The summed E-state index contributed by atoms with van der Waals surface area (Å²) in [5.41, 5.74) is 0.548. The zero-order valence-corrected chi connectivity index (χ0v) is 11.3. The van der Waals surface area contributed by atoms with Gasteiger partial charge in [0.1, 0.15) is 11.7 Å². The zero-order valence-electron chi connectivity index (χ0n) is 9.03. The summed E-state index contributed by atoms with van der Waals surface area (Å²) in [5, 5.41) is 3.54. The first-order valence-electron chi connectivity index (χ1n) is 4.98. The number of para-hydroxylation sites is 1. The maximum absolute atomic E-state index is 11.8. The molecule has 0 saturated heterocycles. The molecule has 1 N–H and O–H groups in total. The van der Waals surface area contributed by atoms with Gasteiger partial charge in [-0.3, -0.25) is 4.79 Å². The summed E-state index contributed by atoms with van der Waals surface area (Å²) >= 11 is 17.5. The molecule has 2 aromatic rings. The summed E-state index contributed by atoms with van der Waals surface area (Å²) in [6, 6.07) is 6.97. The highest BCUT2D eigenvalue weighted by Gasteiger charge is 2.11. The molecule has 4 nitrogen and oxygen atoms in total. The van der Waals surface area contributed by atoms with Gasteiger partial charge in [-0.25, -0.2) is 4.98 Å². The summed E-state index contributed by atoms with van der Waals surface area (Å²) in [6.45, 7) is 0.0176. The monoisotopic (exact) mass is 303 g/mol. The van der Waals surface area contributed by atoms with Crippen molar-refractivity contribution in [2.45, 2.75) is 6.54 Å². The Labute approximate surface area is 118 Å². The summed E-state index contributed by atoms with van der Waals surface area (Å²) in [7, 11) is 0. The van der Waals surface area contributed by atoms with Gasteiger partial charge in [-0.05, 0) is 12.1 Å². The quantitative estimate of drug-likeness (QED) is 0.943. The van der Waals surface area contributed by atoms with Gasteiger partial charge in [-0.1, -0.05) is 46.9 Å². The van der Waals surface area contributed by atoms with Crippen molar-refractivity contribution in [1.82, 2.24) is 9.55 Å². The third kappa shape index (κ3) is 2.96. The van der Waals surface area contributed by atoms with Gasteiger partial charge < -0.3 is 9.88 Å². The average molecular weight is 305 g/mol. The minimum atomic E-state index is -0.265. The number of nitrogens with zero attached hydrogens (tertiary/aromatic N) is 2. The summed E-state index contributed by atoms with van der Waals surface area (Å²) in [5.74, 6) is -0.265. The molecule has 0 aliphatic heterocycles. The van der Waals surface area contributed by atoms with Crippen molar-refractivity contribution < 1.29 is 4.79 Å². The molecule has 94 valence electrons. The van der Waals surface area contributed by atoms with Gasteiger partial charge in [0.15, 0.2) is 5.15 Å². The van der Waals surface area contributed by atoms with E-state index in [0.29, 0.717) is 10.7 Å². The number of benzene rings is 1. The van der Waals surface area contributed by atoms with Crippen LogP contribution < -0.4 is 5.32 Å². The van der Waals surface area contributed by atoms with Gasteiger partial charge in [0, 0.05) is 0 Å². The molecule has 0 aliphatic carbocycles. The first-order valence-corrected chi connectivity index (χ1v) is 6.12. The molecule has 0 radical (unpaired) electrons. The van der Waals surface area contributed by atoms with Crippen LogP contribution >= 0.6 is 34.8 Å². The average Bonchev–Trinajstić information content (AvgIpc) is 2.64. The number of nitrogens with one attached hydrogen (secondary N) is 1. The largest absolute Gasteiger partial charge is 0.323 e. The number of aromatic nitrogens is 2. The molecule has 0 fully saturated rings. The molecule has 2 rings (SSSR count). The van der Waals surface area contributed by atoms with Crippen molar-refractivity contribution in [3.63, 3.8) is 0 Å². The third-order valence-corrected chi connectivity index (χ3v) is 3.29. The highest BCUT2D eigenvalue weighted by molar-refractivity contribution is 6.40. The van der Waals surface area contributed by atoms with Gasteiger partial charge in [0.25, 0.3) is 0 Å². The van der Waals surface area contributed by atoms with Gasteiger partial charge in [-0.15, -0.1) is 0 Å². The van der Waals surface area contributed by atoms with Crippen LogP contribution in [0.3, 0.4) is 0 Å². The lowest BCUT2D eigenvalue weighted by Crippen LogP contribution is -2.18. The number of hydrogen-bond acceptors (Lipinski definition) is 2. The number of hydrogen-bond donors (Lipinski definition) is 1. The molecule has 1 aromatic carbocycles. The number of halogens is 3. The predicted octanol–water partition coefficient (Wildman–Crippen LogP) is 3.48. The molecule has 0 saturated carbocycles. The van der Waals surface area contributed by atoms with E-state index in [1.165, 1.54) is 10.9 Å². The van der Waals surface area contributed by atoms with E-state index in [4.69, 9.17) is 34.8 Å². The lowest BCUT2D eigenvalue weighted by Gasteiger charge is -2.07. The van der Waals surface area contributed by atoms with Crippen molar-refractivity contribution in [3.8, 4) is 0 Å². The molecule has 1 amide bonds. The van der Waals surface area contributed by atoms with E-state index in [2.05, 4.69) is 10.3 Å². The highest BCUT2D eigenvalue weighted by atomic mass is 35.5. The van der Waals surface area contributed by atoms with E-state index in [1.807, 2.05) is 0 Å². The molecule has 7 heteroatoms. The third-order valence-electron chi connectivity index (χ3n) is 2.19. The van der Waals surface area contributed by atoms with Crippen LogP contribution in [0.1, 0.15) is 0 Å². The summed E-state index contributed by atoms with van der Waals surface area (Å²) in [4.78, 5) is 15.6. The molecule has 1 heterocycles. The number of carbonyl (C=O) groups excluding carboxylic acids is 1. The van der Waals surface area contributed by atoms with Crippen molar-refractivity contribution in [1.29, 1.82) is 0 Å². The molecule has 1 aromatic heterocycles. The fraction of sp³-hybridized carbons (Fsp3) is 0.0909. The molecule has 18 heavy (non-hydrogen) atoms. The maximum atomic E-state index is 11.8. The van der Waals surface area contributed by atoms with Crippen LogP contribution in [-0.4, -0.2) is 15.5 Å². The van der Waals surface area contributed by atoms with Crippen LogP contribution in [0.25, 0.3) is 0 Å². The zero-order chi connectivity index (χ0) is 13.1. The summed E-state index contributed by atoms with van der Waals surface area (Å²) in [6.07, 6.45) is 1.40. The Morgan fingerprint density at radius 2 is 2.00 bits per heavy atom. The molecule has 0 aliphatic rings. The Balaban J connectivity index is 2.06. The van der Waals surface area contributed by atoms with Crippen molar-refractivity contribution in [2.75, 3.05) is 5.32 Å². The Morgan fingerprint density at radius 3 is 2.61 bits per heavy atom. The fourth-order valence-electron chi connectivity index (χ4n) is 1.36. The fourth-order valence-corrected chi connectivity index (χ4v) is 1.85. The minimum absolute atomic E-state index is 0.0176. The number of carbonyl (C=O) groups is 1. The van der Waals surface area contributed by atoms with Crippen LogP contribution in [0.15, 0.2) is 30.6 Å². The maximum Gasteiger partial charge on any atom is 0.244 e. The van der Waals surface area contributed by atoms with Crippen LogP contribution in [0.2, 0.25) is 15.3 Å². The van der Waals surface area contributed by atoms with Crippen LogP contribution in [0, 0.1) is 0 Å². The number of anilines is 1. The number of rotatable bonds is 3. The van der Waals surface area contributed by atoms with Crippen molar-refractivity contribution >= 4 is 46.4 Å². The van der Waals surface area contributed by atoms with E-state index in [9.17, 15) is 4.79 Å². The van der Waals surface area contributed by atoms with Gasteiger partial charge in [0.2, 0.25) is 5.91 Å². The standard InChI is InChI=1S/C11H8Cl3N3O/c12-7-3-1-2-4-8(7)16-9(18)5-17-6-15-10(13)11(17)14/h1-4,6H,5H2,(H,16,18). The van der Waals surface area contributed by atoms with Gasteiger partial charge >= 0.3 is 0 Å². The SMILES string of the molecule is O=C(Cn1cnc(Cl)c1Cl)Nc1ccccc1Cl. The van der Waals surface area contributed by atoms with Crippen LogP contribution in [0.4, 0.5) is 5.69 Å². The molecule has 0 atom stereocenters. The molecular formula is C11H8Cl3N3O. The van der Waals surface area contributed by atoms with E-state index in [-0.39, 0.29) is 22.8 Å². The molecule has 0 unspecified atom stereocenters. The smallest absolute Gasteiger partial charge is 0.244 e. The van der Waals surface area contributed by atoms with E-state index in [1.54, 1.807) is 24.3 Å². The second-order valence-electron chi connectivity index (χ2n) is 3.48. The summed E-state index contributed by atoms with van der Waals surface area (Å²) < 4.78 is 1.44. The minimum Gasteiger partial charge on any atom is -0.323 e. The Morgan fingerprint density at radius 1 is 1.28 bits per heavy atom. The van der Waals surface area contributed by atoms with Crippen molar-refractivity contribution in [2.24, 2.45) is 0 Å². The Bertz CT molecular complexity index is 583. The molecule has 0 spiro atoms. The number of imidazole rings is 1. The second-order valence-corrected chi connectivity index (χ2v) is 4.61. The van der Waals surface area contributed by atoms with E-state index < -0.39 is 0 Å². The highest BCUT2D eigenvalue weighted by Crippen LogP contribution is 2.22.